The van der Waals surface area contributed by atoms with Crippen LogP contribution in [0.25, 0.3) is 11.1 Å². The van der Waals surface area contributed by atoms with Crippen LogP contribution in [0.15, 0.2) is 36.5 Å². The van der Waals surface area contributed by atoms with Crippen molar-refractivity contribution in [3.63, 3.8) is 0 Å². The van der Waals surface area contributed by atoms with Crippen molar-refractivity contribution < 1.29 is 23.5 Å². The molecule has 1 N–H and O–H groups in total. The fourth-order valence-electron chi connectivity index (χ4n) is 3.49. The minimum Gasteiger partial charge on any atom is -0.464 e. The number of anilines is 1. The summed E-state index contributed by atoms with van der Waals surface area (Å²) in [7, 11) is 1.30. The zero-order valence-corrected chi connectivity index (χ0v) is 18.3. The zero-order chi connectivity index (χ0) is 22.6. The van der Waals surface area contributed by atoms with Crippen LogP contribution in [0.2, 0.25) is 0 Å². The molecule has 2 heterocycles. The number of methoxy groups -OCH3 is 1. The topological polar surface area (TPSA) is 80.8 Å². The van der Waals surface area contributed by atoms with Gasteiger partial charge in [0.15, 0.2) is 5.69 Å². The molecule has 1 amide bonds. The Kier molecular flexibility index (Phi) is 6.77. The van der Waals surface area contributed by atoms with Gasteiger partial charge in [0.1, 0.15) is 11.4 Å². The average molecular weight is 429 g/mol. The Morgan fingerprint density at radius 3 is 2.39 bits per heavy atom. The maximum atomic E-state index is 13.4. The molecular weight excluding hydrogens is 401 g/mol. The van der Waals surface area contributed by atoms with Crippen molar-refractivity contribution in [2.45, 2.75) is 45.3 Å². The number of carbonyl (C=O) groups is 2. The molecule has 8 heteroatoms. The second kappa shape index (κ2) is 9.32. The van der Waals surface area contributed by atoms with Crippen LogP contribution in [0.1, 0.15) is 44.1 Å². The number of carbonyl (C=O) groups excluding carboxylic acids is 2. The van der Waals surface area contributed by atoms with Crippen molar-refractivity contribution in [3.05, 3.63) is 48.0 Å². The molecule has 1 aromatic carbocycles. The second-order valence-corrected chi connectivity index (χ2v) is 8.50. The summed E-state index contributed by atoms with van der Waals surface area (Å²) in [4.78, 5) is 30.7. The largest absolute Gasteiger partial charge is 0.464 e. The molecule has 0 bridgehead atoms. The number of halogens is 1. The van der Waals surface area contributed by atoms with Crippen molar-refractivity contribution in [3.8, 4) is 11.1 Å². The third kappa shape index (κ3) is 5.93. The van der Waals surface area contributed by atoms with Crippen LogP contribution in [0.5, 0.6) is 0 Å². The summed E-state index contributed by atoms with van der Waals surface area (Å²) in [5, 5.41) is 2.92. The van der Waals surface area contributed by atoms with Gasteiger partial charge in [0.2, 0.25) is 0 Å². The molecule has 1 saturated heterocycles. The molecule has 1 aliphatic heterocycles. The number of pyridine rings is 1. The summed E-state index contributed by atoms with van der Waals surface area (Å²) in [5.74, 6) is -0.904. The number of ether oxygens (including phenoxy) is 2. The molecule has 1 fully saturated rings. The highest BCUT2D eigenvalue weighted by molar-refractivity contribution is 5.96. The van der Waals surface area contributed by atoms with E-state index >= 15 is 0 Å². The molecule has 1 aliphatic rings. The lowest BCUT2D eigenvalue weighted by atomic mass is 10.0. The summed E-state index contributed by atoms with van der Waals surface area (Å²) in [6, 6.07) is 7.81. The van der Waals surface area contributed by atoms with Crippen LogP contribution in [-0.2, 0) is 9.47 Å². The number of nitrogens with zero attached hydrogens (tertiary/aromatic N) is 2. The molecule has 2 aromatic rings. The second-order valence-electron chi connectivity index (χ2n) is 8.50. The normalized spacial score (nSPS) is 14.8. The predicted octanol–water partition coefficient (Wildman–Crippen LogP) is 4.17. The summed E-state index contributed by atoms with van der Waals surface area (Å²) in [6.45, 7) is 6.92. The van der Waals surface area contributed by atoms with Gasteiger partial charge in [-0.2, -0.15) is 0 Å². The minimum absolute atomic E-state index is 0.0324. The van der Waals surface area contributed by atoms with E-state index in [1.165, 1.54) is 19.2 Å². The maximum Gasteiger partial charge on any atom is 0.407 e. The number of aromatic nitrogens is 1. The molecule has 166 valence electrons. The smallest absolute Gasteiger partial charge is 0.407 e. The van der Waals surface area contributed by atoms with E-state index in [-0.39, 0.29) is 17.6 Å². The standard InChI is InChI=1S/C23H28FN3O4/c1-23(2,3)31-22(29)26-17-9-11-27(12-10-17)18-13-19(15-5-7-16(24)8-6-15)20(25-14-18)21(28)30-4/h5-8,13-14,17H,9-12H2,1-4H3,(H,26,29). The number of benzene rings is 1. The van der Waals surface area contributed by atoms with Crippen molar-refractivity contribution in [1.82, 2.24) is 10.3 Å². The third-order valence-corrected chi connectivity index (χ3v) is 4.99. The van der Waals surface area contributed by atoms with Gasteiger partial charge in [-0.3, -0.25) is 0 Å². The third-order valence-electron chi connectivity index (χ3n) is 4.99. The van der Waals surface area contributed by atoms with Crippen LogP contribution in [-0.4, -0.2) is 48.9 Å². The number of nitrogens with one attached hydrogen (secondary N) is 1. The molecule has 0 spiro atoms. The fraction of sp³-hybridized carbons (Fsp3) is 0.435. The first-order chi connectivity index (χ1) is 14.7. The van der Waals surface area contributed by atoms with Gasteiger partial charge in [0, 0.05) is 24.7 Å². The van der Waals surface area contributed by atoms with Gasteiger partial charge < -0.3 is 19.7 Å². The molecule has 0 aliphatic carbocycles. The minimum atomic E-state index is -0.550. The van der Waals surface area contributed by atoms with Gasteiger partial charge in [0.05, 0.1) is 19.0 Å². The molecule has 31 heavy (non-hydrogen) atoms. The number of alkyl carbamates (subject to hydrolysis) is 1. The van der Waals surface area contributed by atoms with Gasteiger partial charge >= 0.3 is 12.1 Å². The Labute approximate surface area is 181 Å². The van der Waals surface area contributed by atoms with Gasteiger partial charge in [-0.05, 0) is 57.4 Å². The van der Waals surface area contributed by atoms with Crippen molar-refractivity contribution in [1.29, 1.82) is 0 Å². The highest BCUT2D eigenvalue weighted by atomic mass is 19.1. The van der Waals surface area contributed by atoms with E-state index in [0.717, 1.165) is 18.5 Å². The summed E-state index contributed by atoms with van der Waals surface area (Å²) in [5.41, 5.74) is 1.76. The first kappa shape index (κ1) is 22.5. The lowest BCUT2D eigenvalue weighted by molar-refractivity contribution is 0.0496. The van der Waals surface area contributed by atoms with Gasteiger partial charge in [-0.1, -0.05) is 12.1 Å². The Balaban J connectivity index is 1.74. The SMILES string of the molecule is COC(=O)c1ncc(N2CCC(NC(=O)OC(C)(C)C)CC2)cc1-c1ccc(F)cc1. The van der Waals surface area contributed by atoms with Crippen LogP contribution >= 0.6 is 0 Å². The Bertz CT molecular complexity index is 933. The van der Waals surface area contributed by atoms with E-state index in [4.69, 9.17) is 9.47 Å². The van der Waals surface area contributed by atoms with E-state index in [1.807, 2.05) is 26.8 Å². The van der Waals surface area contributed by atoms with E-state index in [9.17, 15) is 14.0 Å². The predicted molar refractivity (Wildman–Crippen MR) is 116 cm³/mol. The van der Waals surface area contributed by atoms with Crippen molar-refractivity contribution in [2.75, 3.05) is 25.1 Å². The lowest BCUT2D eigenvalue weighted by Crippen LogP contribution is -2.46. The van der Waals surface area contributed by atoms with Gasteiger partial charge in [0.25, 0.3) is 0 Å². The zero-order valence-electron chi connectivity index (χ0n) is 18.3. The molecule has 1 aromatic heterocycles. The first-order valence-electron chi connectivity index (χ1n) is 10.2. The first-order valence-corrected chi connectivity index (χ1v) is 10.2. The average Bonchev–Trinajstić information content (AvgIpc) is 2.72. The molecule has 0 radical (unpaired) electrons. The summed E-state index contributed by atoms with van der Waals surface area (Å²) < 4.78 is 23.5. The van der Waals surface area contributed by atoms with Crippen LogP contribution in [0.3, 0.4) is 0 Å². The summed E-state index contributed by atoms with van der Waals surface area (Å²) in [6.07, 6.45) is 2.74. The van der Waals surface area contributed by atoms with E-state index in [0.29, 0.717) is 24.2 Å². The number of rotatable bonds is 4. The molecule has 0 saturated carbocycles. The van der Waals surface area contributed by atoms with E-state index < -0.39 is 17.7 Å². The van der Waals surface area contributed by atoms with Gasteiger partial charge in [-0.25, -0.2) is 19.0 Å². The van der Waals surface area contributed by atoms with Crippen LogP contribution < -0.4 is 10.2 Å². The van der Waals surface area contributed by atoms with E-state index in [1.54, 1.807) is 18.3 Å². The number of hydrogen-bond acceptors (Lipinski definition) is 6. The molecule has 0 unspecified atom stereocenters. The van der Waals surface area contributed by atoms with Gasteiger partial charge in [-0.15, -0.1) is 0 Å². The maximum absolute atomic E-state index is 13.4. The van der Waals surface area contributed by atoms with E-state index in [2.05, 4.69) is 15.2 Å². The number of hydrogen-bond donors (Lipinski definition) is 1. The molecule has 3 rings (SSSR count). The number of piperidine rings is 1. The highest BCUT2D eigenvalue weighted by Gasteiger charge is 2.25. The van der Waals surface area contributed by atoms with Crippen molar-refractivity contribution in [2.24, 2.45) is 0 Å². The quantitative estimate of drug-likeness (QED) is 0.735. The Hall–Kier alpha value is -3.16. The highest BCUT2D eigenvalue weighted by Crippen LogP contribution is 2.29. The monoisotopic (exact) mass is 429 g/mol. The fourth-order valence-corrected chi connectivity index (χ4v) is 3.49. The molecule has 7 nitrogen and oxygen atoms in total. The Morgan fingerprint density at radius 1 is 1.16 bits per heavy atom. The lowest BCUT2D eigenvalue weighted by Gasteiger charge is -2.34. The van der Waals surface area contributed by atoms with Crippen LogP contribution in [0.4, 0.5) is 14.9 Å². The number of esters is 1. The number of amides is 1. The molecular formula is C23H28FN3O4. The summed E-state index contributed by atoms with van der Waals surface area (Å²) >= 11 is 0. The van der Waals surface area contributed by atoms with Crippen LogP contribution in [0, 0.1) is 5.82 Å². The molecule has 0 atom stereocenters. The van der Waals surface area contributed by atoms with Crippen molar-refractivity contribution >= 4 is 17.7 Å². The Morgan fingerprint density at radius 2 is 1.81 bits per heavy atom.